The number of carbonyl (C=O) groups is 1. The van der Waals surface area contributed by atoms with E-state index in [2.05, 4.69) is 10.5 Å². The molecule has 1 N–H and O–H groups in total. The molecule has 110 valence electrons. The van der Waals surface area contributed by atoms with Gasteiger partial charge in [-0.3, -0.25) is 10.1 Å². The molecule has 0 fully saturated rings. The summed E-state index contributed by atoms with van der Waals surface area (Å²) >= 11 is 5.85. The summed E-state index contributed by atoms with van der Waals surface area (Å²) in [6, 6.07) is 16.3. The number of hydrogen-bond acceptors (Lipinski definition) is 3. The summed E-state index contributed by atoms with van der Waals surface area (Å²) in [5.41, 5.74) is 3.01. The van der Waals surface area contributed by atoms with Crippen LogP contribution >= 0.6 is 11.6 Å². The lowest BCUT2D eigenvalue weighted by Crippen LogP contribution is -2.12. The maximum atomic E-state index is 12.2. The van der Waals surface area contributed by atoms with Crippen molar-refractivity contribution in [3.63, 3.8) is 0 Å². The topological polar surface area (TPSA) is 55.1 Å². The Labute approximate surface area is 132 Å². The Morgan fingerprint density at radius 2 is 1.86 bits per heavy atom. The van der Waals surface area contributed by atoms with Crippen LogP contribution in [0.4, 0.5) is 5.88 Å². The zero-order valence-electron chi connectivity index (χ0n) is 11.8. The van der Waals surface area contributed by atoms with Crippen LogP contribution in [0.1, 0.15) is 15.9 Å². The molecule has 0 aliphatic rings. The number of nitrogens with zero attached hydrogens (tertiary/aromatic N) is 1. The minimum absolute atomic E-state index is 0.225. The van der Waals surface area contributed by atoms with Gasteiger partial charge in [0.2, 0.25) is 5.88 Å². The second-order valence-corrected chi connectivity index (χ2v) is 5.29. The highest BCUT2D eigenvalue weighted by Gasteiger charge is 2.12. The molecule has 22 heavy (non-hydrogen) atoms. The van der Waals surface area contributed by atoms with Gasteiger partial charge in [0.15, 0.2) is 0 Å². The molecule has 0 radical (unpaired) electrons. The molecule has 2 aromatic carbocycles. The van der Waals surface area contributed by atoms with Gasteiger partial charge >= 0.3 is 0 Å². The highest BCUT2D eigenvalue weighted by Crippen LogP contribution is 2.23. The lowest BCUT2D eigenvalue weighted by atomic mass is 10.1. The first-order valence-corrected chi connectivity index (χ1v) is 7.11. The Hall–Kier alpha value is -2.59. The summed E-state index contributed by atoms with van der Waals surface area (Å²) in [6.07, 6.45) is 0. The summed E-state index contributed by atoms with van der Waals surface area (Å²) in [5.74, 6) is 0.0788. The quantitative estimate of drug-likeness (QED) is 0.771. The number of halogens is 1. The lowest BCUT2D eigenvalue weighted by molar-refractivity contribution is 0.102. The molecule has 3 aromatic rings. The molecule has 1 amide bonds. The van der Waals surface area contributed by atoms with E-state index in [0.29, 0.717) is 22.2 Å². The zero-order chi connectivity index (χ0) is 15.5. The van der Waals surface area contributed by atoms with E-state index in [1.165, 1.54) is 0 Å². The molecule has 0 saturated carbocycles. The van der Waals surface area contributed by atoms with Gasteiger partial charge in [-0.2, -0.15) is 0 Å². The molecule has 0 aliphatic carbocycles. The molecule has 1 aromatic heterocycles. The molecular formula is C17H13ClN2O2. The highest BCUT2D eigenvalue weighted by atomic mass is 35.5. The van der Waals surface area contributed by atoms with Gasteiger partial charge in [-0.15, -0.1) is 0 Å². The van der Waals surface area contributed by atoms with Crippen LogP contribution in [0, 0.1) is 6.92 Å². The van der Waals surface area contributed by atoms with Crippen molar-refractivity contribution in [3.05, 3.63) is 70.7 Å². The van der Waals surface area contributed by atoms with Gasteiger partial charge in [-0.25, -0.2) is 0 Å². The normalized spacial score (nSPS) is 10.5. The van der Waals surface area contributed by atoms with Gasteiger partial charge in [0.05, 0.1) is 0 Å². The second-order valence-electron chi connectivity index (χ2n) is 4.85. The van der Waals surface area contributed by atoms with E-state index in [1.54, 1.807) is 24.3 Å². The van der Waals surface area contributed by atoms with E-state index in [1.807, 2.05) is 37.3 Å². The van der Waals surface area contributed by atoms with E-state index in [0.717, 1.165) is 11.1 Å². The maximum Gasteiger partial charge on any atom is 0.258 e. The standard InChI is InChI=1S/C17H13ClN2O2/c1-11-4-2-3-5-14(11)17(21)19-16-10-15(20-22-16)12-6-8-13(18)9-7-12/h2-10H,1H3,(H,19,21). The molecule has 0 saturated heterocycles. The summed E-state index contributed by atoms with van der Waals surface area (Å²) in [7, 11) is 0. The van der Waals surface area contributed by atoms with Crippen LogP contribution in [-0.4, -0.2) is 11.1 Å². The highest BCUT2D eigenvalue weighted by molar-refractivity contribution is 6.30. The minimum Gasteiger partial charge on any atom is -0.338 e. The van der Waals surface area contributed by atoms with Crippen molar-refractivity contribution in [3.8, 4) is 11.3 Å². The van der Waals surface area contributed by atoms with Crippen LogP contribution in [0.3, 0.4) is 0 Å². The molecule has 0 unspecified atom stereocenters. The average Bonchev–Trinajstić information content (AvgIpc) is 2.97. The number of hydrogen-bond donors (Lipinski definition) is 1. The molecule has 0 atom stereocenters. The molecule has 0 spiro atoms. The molecule has 0 aliphatic heterocycles. The SMILES string of the molecule is Cc1ccccc1C(=O)Nc1cc(-c2ccc(Cl)cc2)no1. The third kappa shape index (κ3) is 3.02. The summed E-state index contributed by atoms with van der Waals surface area (Å²) in [6.45, 7) is 1.88. The Balaban J connectivity index is 1.78. The monoisotopic (exact) mass is 312 g/mol. The van der Waals surface area contributed by atoms with Gasteiger partial charge in [0.1, 0.15) is 5.69 Å². The van der Waals surface area contributed by atoms with Crippen LogP contribution in [0.5, 0.6) is 0 Å². The van der Waals surface area contributed by atoms with Gasteiger partial charge in [-0.05, 0) is 30.7 Å². The van der Waals surface area contributed by atoms with Gasteiger partial charge in [0, 0.05) is 22.2 Å². The number of aryl methyl sites for hydroxylation is 1. The molecule has 1 heterocycles. The number of benzene rings is 2. The van der Waals surface area contributed by atoms with Crippen LogP contribution in [0.15, 0.2) is 59.1 Å². The van der Waals surface area contributed by atoms with Crippen molar-refractivity contribution >= 4 is 23.4 Å². The third-order valence-corrected chi connectivity index (χ3v) is 3.53. The number of carbonyl (C=O) groups excluding carboxylic acids is 1. The van der Waals surface area contributed by atoms with Crippen LogP contribution < -0.4 is 5.32 Å². The van der Waals surface area contributed by atoms with Crippen molar-refractivity contribution < 1.29 is 9.32 Å². The van der Waals surface area contributed by atoms with Crippen molar-refractivity contribution in [1.29, 1.82) is 0 Å². The first-order chi connectivity index (χ1) is 10.6. The number of anilines is 1. The Morgan fingerprint density at radius 1 is 1.14 bits per heavy atom. The minimum atomic E-state index is -0.225. The number of aromatic nitrogens is 1. The predicted octanol–water partition coefficient (Wildman–Crippen LogP) is 4.56. The van der Waals surface area contributed by atoms with Crippen molar-refractivity contribution in [2.24, 2.45) is 0 Å². The molecule has 5 heteroatoms. The van der Waals surface area contributed by atoms with Gasteiger partial charge in [-0.1, -0.05) is 47.1 Å². The first kappa shape index (κ1) is 14.4. The summed E-state index contributed by atoms with van der Waals surface area (Å²) in [4.78, 5) is 12.2. The fourth-order valence-corrected chi connectivity index (χ4v) is 2.22. The van der Waals surface area contributed by atoms with Crippen molar-refractivity contribution in [2.45, 2.75) is 6.92 Å². The zero-order valence-corrected chi connectivity index (χ0v) is 12.6. The Bertz CT molecular complexity index is 810. The molecular weight excluding hydrogens is 300 g/mol. The predicted molar refractivity (Wildman–Crippen MR) is 86.1 cm³/mol. The van der Waals surface area contributed by atoms with Crippen LogP contribution in [0.25, 0.3) is 11.3 Å². The number of nitrogens with one attached hydrogen (secondary N) is 1. The summed E-state index contributed by atoms with van der Waals surface area (Å²) < 4.78 is 5.17. The Morgan fingerprint density at radius 3 is 2.59 bits per heavy atom. The van der Waals surface area contributed by atoms with E-state index in [9.17, 15) is 4.79 Å². The molecule has 4 nitrogen and oxygen atoms in total. The fraction of sp³-hybridized carbons (Fsp3) is 0.0588. The average molecular weight is 313 g/mol. The van der Waals surface area contributed by atoms with E-state index in [4.69, 9.17) is 16.1 Å². The van der Waals surface area contributed by atoms with E-state index < -0.39 is 0 Å². The maximum absolute atomic E-state index is 12.2. The second kappa shape index (κ2) is 6.03. The summed E-state index contributed by atoms with van der Waals surface area (Å²) in [5, 5.41) is 7.31. The third-order valence-electron chi connectivity index (χ3n) is 3.28. The lowest BCUT2D eigenvalue weighted by Gasteiger charge is -2.03. The number of rotatable bonds is 3. The molecule has 3 rings (SSSR count). The van der Waals surface area contributed by atoms with Gasteiger partial charge < -0.3 is 4.52 Å². The number of amides is 1. The van der Waals surface area contributed by atoms with Crippen molar-refractivity contribution in [2.75, 3.05) is 5.32 Å². The van der Waals surface area contributed by atoms with E-state index in [-0.39, 0.29) is 5.91 Å². The van der Waals surface area contributed by atoms with Crippen LogP contribution in [-0.2, 0) is 0 Å². The fourth-order valence-electron chi connectivity index (χ4n) is 2.10. The smallest absolute Gasteiger partial charge is 0.258 e. The largest absolute Gasteiger partial charge is 0.338 e. The van der Waals surface area contributed by atoms with Gasteiger partial charge in [0.25, 0.3) is 5.91 Å². The van der Waals surface area contributed by atoms with Crippen molar-refractivity contribution in [1.82, 2.24) is 5.16 Å². The van der Waals surface area contributed by atoms with Crippen LogP contribution in [0.2, 0.25) is 5.02 Å². The van der Waals surface area contributed by atoms with E-state index >= 15 is 0 Å². The first-order valence-electron chi connectivity index (χ1n) is 6.73. The Kier molecular flexibility index (Phi) is 3.94. The molecule has 0 bridgehead atoms.